The Morgan fingerprint density at radius 3 is 2.78 bits per heavy atom. The fraction of sp³-hybridized carbons (Fsp3) is 0.154. The van der Waals surface area contributed by atoms with Gasteiger partial charge in [-0.1, -0.05) is 12.1 Å². The van der Waals surface area contributed by atoms with Crippen LogP contribution < -0.4 is 9.47 Å². The van der Waals surface area contributed by atoms with Crippen LogP contribution in [0, 0.1) is 0 Å². The molecule has 18 heavy (non-hydrogen) atoms. The van der Waals surface area contributed by atoms with Crippen LogP contribution in [0.1, 0.15) is 5.56 Å². The molecule has 0 bridgehead atoms. The van der Waals surface area contributed by atoms with Crippen LogP contribution in [0.2, 0.25) is 0 Å². The normalized spacial score (nSPS) is 10.2. The van der Waals surface area contributed by atoms with Crippen LogP contribution in [0.5, 0.6) is 11.6 Å². The molecular weight excluding hydrogens is 362 g/mol. The number of methoxy groups -OCH3 is 1. The minimum Gasteiger partial charge on any atom is -0.497 e. The molecule has 2 aromatic rings. The van der Waals surface area contributed by atoms with Gasteiger partial charge in [0.2, 0.25) is 5.88 Å². The molecule has 0 aliphatic carbocycles. The largest absolute Gasteiger partial charge is 0.497 e. The van der Waals surface area contributed by atoms with Crippen molar-refractivity contribution in [2.45, 2.75) is 6.61 Å². The average Bonchev–Trinajstić information content (AvgIpc) is 2.38. The van der Waals surface area contributed by atoms with Crippen molar-refractivity contribution in [2.24, 2.45) is 0 Å². The standard InChI is InChI=1S/C13H11Br2NO2/c1-17-11-4-2-3-9(5-11)8-18-13-12(15)6-10(14)7-16-13/h2-7H,8H2,1H3. The molecule has 94 valence electrons. The number of hydrogen-bond acceptors (Lipinski definition) is 3. The predicted molar refractivity (Wildman–Crippen MR) is 77.0 cm³/mol. The van der Waals surface area contributed by atoms with E-state index in [-0.39, 0.29) is 0 Å². The molecule has 0 unspecified atom stereocenters. The van der Waals surface area contributed by atoms with Gasteiger partial charge in [-0.25, -0.2) is 4.98 Å². The van der Waals surface area contributed by atoms with Gasteiger partial charge in [-0.15, -0.1) is 0 Å². The Labute approximate surface area is 122 Å². The van der Waals surface area contributed by atoms with Crippen molar-refractivity contribution in [3.63, 3.8) is 0 Å². The van der Waals surface area contributed by atoms with Crippen molar-refractivity contribution in [1.29, 1.82) is 0 Å². The number of nitrogens with zero attached hydrogens (tertiary/aromatic N) is 1. The second-order valence-corrected chi connectivity index (χ2v) is 5.35. The highest BCUT2D eigenvalue weighted by molar-refractivity contribution is 9.11. The molecule has 1 aromatic heterocycles. The lowest BCUT2D eigenvalue weighted by atomic mass is 10.2. The maximum Gasteiger partial charge on any atom is 0.228 e. The molecule has 0 saturated heterocycles. The smallest absolute Gasteiger partial charge is 0.228 e. The van der Waals surface area contributed by atoms with Gasteiger partial charge in [0.05, 0.1) is 11.6 Å². The Morgan fingerprint density at radius 2 is 2.06 bits per heavy atom. The first kappa shape index (κ1) is 13.4. The number of halogens is 2. The SMILES string of the molecule is COc1cccc(COc2ncc(Br)cc2Br)c1. The highest BCUT2D eigenvalue weighted by Crippen LogP contribution is 2.26. The zero-order valence-corrected chi connectivity index (χ0v) is 12.9. The van der Waals surface area contributed by atoms with Gasteiger partial charge in [0.1, 0.15) is 12.4 Å². The molecule has 0 fully saturated rings. The molecule has 5 heteroatoms. The summed E-state index contributed by atoms with van der Waals surface area (Å²) in [6.45, 7) is 0.449. The molecule has 0 atom stereocenters. The monoisotopic (exact) mass is 371 g/mol. The maximum atomic E-state index is 5.64. The summed E-state index contributed by atoms with van der Waals surface area (Å²) in [5.74, 6) is 1.39. The van der Waals surface area contributed by atoms with Crippen LogP contribution in [-0.2, 0) is 6.61 Å². The first-order valence-electron chi connectivity index (χ1n) is 5.26. The van der Waals surface area contributed by atoms with Gasteiger partial charge in [-0.3, -0.25) is 0 Å². The predicted octanol–water partition coefficient (Wildman–Crippen LogP) is 4.19. The fourth-order valence-electron chi connectivity index (χ4n) is 1.42. The third-order valence-corrected chi connectivity index (χ3v) is 3.29. The topological polar surface area (TPSA) is 31.4 Å². The summed E-state index contributed by atoms with van der Waals surface area (Å²) in [4.78, 5) is 4.19. The van der Waals surface area contributed by atoms with Crippen molar-refractivity contribution in [3.05, 3.63) is 51.0 Å². The van der Waals surface area contributed by atoms with Gasteiger partial charge < -0.3 is 9.47 Å². The summed E-state index contributed by atoms with van der Waals surface area (Å²) in [7, 11) is 1.65. The van der Waals surface area contributed by atoms with E-state index in [0.29, 0.717) is 12.5 Å². The Hall–Kier alpha value is -1.07. The first-order valence-corrected chi connectivity index (χ1v) is 6.84. The van der Waals surface area contributed by atoms with E-state index >= 15 is 0 Å². The van der Waals surface area contributed by atoms with Crippen LogP contribution in [0.25, 0.3) is 0 Å². The second-order valence-electron chi connectivity index (χ2n) is 3.58. The molecule has 0 amide bonds. The minimum atomic E-state index is 0.449. The van der Waals surface area contributed by atoms with E-state index in [0.717, 1.165) is 20.3 Å². The van der Waals surface area contributed by atoms with Crippen LogP contribution in [-0.4, -0.2) is 12.1 Å². The zero-order valence-electron chi connectivity index (χ0n) is 9.69. The number of benzene rings is 1. The van der Waals surface area contributed by atoms with Gasteiger partial charge in [0.15, 0.2) is 0 Å². The van der Waals surface area contributed by atoms with E-state index in [9.17, 15) is 0 Å². The molecular formula is C13H11Br2NO2. The number of pyridine rings is 1. The number of aromatic nitrogens is 1. The summed E-state index contributed by atoms with van der Waals surface area (Å²) in [6, 6.07) is 9.65. The molecule has 2 rings (SSSR count). The zero-order chi connectivity index (χ0) is 13.0. The molecule has 0 spiro atoms. The summed E-state index contributed by atoms with van der Waals surface area (Å²) in [5, 5.41) is 0. The van der Waals surface area contributed by atoms with Crippen molar-refractivity contribution >= 4 is 31.9 Å². The molecule has 1 aromatic carbocycles. The molecule has 0 aliphatic rings. The van der Waals surface area contributed by atoms with Gasteiger partial charge >= 0.3 is 0 Å². The van der Waals surface area contributed by atoms with Gasteiger partial charge in [0, 0.05) is 10.7 Å². The Bertz CT molecular complexity index is 546. The maximum absolute atomic E-state index is 5.64. The van der Waals surface area contributed by atoms with Crippen molar-refractivity contribution in [1.82, 2.24) is 4.98 Å². The van der Waals surface area contributed by atoms with E-state index in [4.69, 9.17) is 9.47 Å². The van der Waals surface area contributed by atoms with E-state index in [1.165, 1.54) is 0 Å². The molecule has 0 N–H and O–H groups in total. The quantitative estimate of drug-likeness (QED) is 0.806. The average molecular weight is 373 g/mol. The summed E-state index contributed by atoms with van der Waals surface area (Å²) < 4.78 is 12.5. The van der Waals surface area contributed by atoms with E-state index in [2.05, 4.69) is 36.8 Å². The lowest BCUT2D eigenvalue weighted by Crippen LogP contribution is -1.98. The summed E-state index contributed by atoms with van der Waals surface area (Å²) in [6.07, 6.45) is 1.70. The summed E-state index contributed by atoms with van der Waals surface area (Å²) >= 11 is 6.75. The number of rotatable bonds is 4. The third-order valence-electron chi connectivity index (χ3n) is 2.28. The van der Waals surface area contributed by atoms with E-state index < -0.39 is 0 Å². The highest BCUT2D eigenvalue weighted by atomic mass is 79.9. The Morgan fingerprint density at radius 1 is 1.22 bits per heavy atom. The molecule has 0 aliphatic heterocycles. The van der Waals surface area contributed by atoms with Gasteiger partial charge in [-0.2, -0.15) is 0 Å². The van der Waals surface area contributed by atoms with Gasteiger partial charge in [-0.05, 0) is 55.6 Å². The lowest BCUT2D eigenvalue weighted by molar-refractivity contribution is 0.291. The third kappa shape index (κ3) is 3.46. The van der Waals surface area contributed by atoms with Crippen LogP contribution in [0.4, 0.5) is 0 Å². The lowest BCUT2D eigenvalue weighted by Gasteiger charge is -2.08. The van der Waals surface area contributed by atoms with Crippen LogP contribution in [0.15, 0.2) is 45.5 Å². The highest BCUT2D eigenvalue weighted by Gasteiger charge is 2.04. The van der Waals surface area contributed by atoms with Crippen molar-refractivity contribution in [3.8, 4) is 11.6 Å². The molecule has 0 saturated carbocycles. The number of ether oxygens (including phenoxy) is 2. The fourth-order valence-corrected chi connectivity index (χ4v) is 2.52. The van der Waals surface area contributed by atoms with E-state index in [1.807, 2.05) is 30.3 Å². The summed E-state index contributed by atoms with van der Waals surface area (Å²) in [5.41, 5.74) is 1.03. The molecule has 0 radical (unpaired) electrons. The minimum absolute atomic E-state index is 0.449. The Kier molecular flexibility index (Phi) is 4.60. The van der Waals surface area contributed by atoms with Gasteiger partial charge in [0.25, 0.3) is 0 Å². The molecule has 1 heterocycles. The van der Waals surface area contributed by atoms with E-state index in [1.54, 1.807) is 13.3 Å². The second kappa shape index (κ2) is 6.20. The van der Waals surface area contributed by atoms with Crippen molar-refractivity contribution in [2.75, 3.05) is 7.11 Å². The van der Waals surface area contributed by atoms with Crippen LogP contribution in [0.3, 0.4) is 0 Å². The number of hydrogen-bond donors (Lipinski definition) is 0. The van der Waals surface area contributed by atoms with Crippen LogP contribution >= 0.6 is 31.9 Å². The van der Waals surface area contributed by atoms with Crippen molar-refractivity contribution < 1.29 is 9.47 Å². The molecule has 3 nitrogen and oxygen atoms in total. The Balaban J connectivity index is 2.06. The first-order chi connectivity index (χ1) is 8.69.